The van der Waals surface area contributed by atoms with Crippen molar-refractivity contribution in [2.75, 3.05) is 14.2 Å². The van der Waals surface area contributed by atoms with E-state index in [4.69, 9.17) is 9.47 Å². The molecule has 5 nitrogen and oxygen atoms in total. The topological polar surface area (TPSA) is 55.8 Å². The van der Waals surface area contributed by atoms with Crippen molar-refractivity contribution in [2.45, 2.75) is 6.54 Å². The lowest BCUT2D eigenvalue weighted by atomic mass is 10.1. The van der Waals surface area contributed by atoms with Crippen LogP contribution in [-0.4, -0.2) is 30.3 Å². The minimum atomic E-state index is -0.297. The minimum Gasteiger partial charge on any atom is -0.493 e. The fourth-order valence-corrected chi connectivity index (χ4v) is 4.03. The van der Waals surface area contributed by atoms with E-state index in [9.17, 15) is 9.59 Å². The van der Waals surface area contributed by atoms with Crippen LogP contribution in [0.2, 0.25) is 0 Å². The first-order valence-corrected chi connectivity index (χ1v) is 9.35. The summed E-state index contributed by atoms with van der Waals surface area (Å²) in [5.74, 6) is 0.813. The Kier molecular flexibility index (Phi) is 5.68. The van der Waals surface area contributed by atoms with Gasteiger partial charge in [0.2, 0.25) is 0 Å². The average molecular weight is 434 g/mol. The minimum absolute atomic E-state index is 0.262. The summed E-state index contributed by atoms with van der Waals surface area (Å²) in [5, 5.41) is -0.273. The normalized spacial score (nSPS) is 15.7. The summed E-state index contributed by atoms with van der Waals surface area (Å²) >= 11 is 4.36. The van der Waals surface area contributed by atoms with E-state index < -0.39 is 0 Å². The molecule has 2 aromatic rings. The number of carbonyl (C=O) groups excluding carboxylic acids is 2. The van der Waals surface area contributed by atoms with Crippen molar-refractivity contribution < 1.29 is 19.1 Å². The number of hydrogen-bond donors (Lipinski definition) is 0. The van der Waals surface area contributed by atoms with Crippen molar-refractivity contribution in [1.29, 1.82) is 0 Å². The van der Waals surface area contributed by atoms with E-state index >= 15 is 0 Å². The first-order valence-electron chi connectivity index (χ1n) is 7.74. The number of hydrogen-bond acceptors (Lipinski definition) is 5. The molecule has 0 spiro atoms. The van der Waals surface area contributed by atoms with Gasteiger partial charge in [-0.25, -0.2) is 0 Å². The number of benzene rings is 2. The van der Waals surface area contributed by atoms with Crippen LogP contribution in [0.15, 0.2) is 51.8 Å². The monoisotopic (exact) mass is 433 g/mol. The van der Waals surface area contributed by atoms with E-state index in [0.717, 1.165) is 22.9 Å². The lowest BCUT2D eigenvalue weighted by Crippen LogP contribution is -2.27. The number of ether oxygens (including phenoxy) is 2. The molecule has 0 radical (unpaired) electrons. The Hall–Kier alpha value is -2.25. The predicted octanol–water partition coefficient (Wildman–Crippen LogP) is 4.70. The van der Waals surface area contributed by atoms with Crippen LogP contribution in [0.5, 0.6) is 11.5 Å². The van der Waals surface area contributed by atoms with E-state index in [-0.39, 0.29) is 17.7 Å². The number of imide groups is 1. The Morgan fingerprint density at radius 2 is 1.85 bits per heavy atom. The second kappa shape index (κ2) is 7.97. The molecule has 1 fully saturated rings. The van der Waals surface area contributed by atoms with Gasteiger partial charge >= 0.3 is 0 Å². The van der Waals surface area contributed by atoms with Gasteiger partial charge < -0.3 is 9.47 Å². The van der Waals surface area contributed by atoms with Gasteiger partial charge in [-0.15, -0.1) is 0 Å². The molecule has 1 aliphatic heterocycles. The molecule has 2 amide bonds. The van der Waals surface area contributed by atoms with Gasteiger partial charge in [0.1, 0.15) is 0 Å². The quantitative estimate of drug-likeness (QED) is 0.639. The highest BCUT2D eigenvalue weighted by atomic mass is 79.9. The standard InChI is InChI=1S/C19H16BrNO4S/c1-24-15-9-13(8-14(20)17(15)25-2)10-16-18(22)21(19(23)26-16)11-12-6-4-3-5-7-12/h3-10H,11H2,1-2H3/b16-10-. The highest BCUT2D eigenvalue weighted by Crippen LogP contribution is 2.39. The summed E-state index contributed by atoms with van der Waals surface area (Å²) in [4.78, 5) is 26.5. The van der Waals surface area contributed by atoms with Crippen LogP contribution in [0.3, 0.4) is 0 Å². The van der Waals surface area contributed by atoms with Crippen LogP contribution < -0.4 is 9.47 Å². The van der Waals surface area contributed by atoms with Gasteiger partial charge in [-0.1, -0.05) is 30.3 Å². The molecule has 134 valence electrons. The number of rotatable bonds is 5. The number of thioether (sulfide) groups is 1. The third kappa shape index (κ3) is 3.78. The molecular weight excluding hydrogens is 418 g/mol. The van der Waals surface area contributed by atoms with E-state index in [1.54, 1.807) is 26.4 Å². The molecule has 1 aliphatic rings. The molecule has 0 aliphatic carbocycles. The number of amides is 2. The Balaban J connectivity index is 1.87. The first kappa shape index (κ1) is 18.5. The Morgan fingerprint density at radius 3 is 2.50 bits per heavy atom. The fourth-order valence-electron chi connectivity index (χ4n) is 2.57. The van der Waals surface area contributed by atoms with Crippen molar-refractivity contribution in [3.05, 3.63) is 63.0 Å². The number of methoxy groups -OCH3 is 2. The SMILES string of the molecule is COc1cc(/C=C2\SC(=O)N(Cc3ccccc3)C2=O)cc(Br)c1OC. The van der Waals surface area contributed by atoms with E-state index in [2.05, 4.69) is 15.9 Å². The third-order valence-electron chi connectivity index (χ3n) is 3.81. The van der Waals surface area contributed by atoms with Crippen LogP contribution in [-0.2, 0) is 11.3 Å². The van der Waals surface area contributed by atoms with Crippen molar-refractivity contribution in [3.8, 4) is 11.5 Å². The van der Waals surface area contributed by atoms with Gasteiger partial charge in [0, 0.05) is 0 Å². The van der Waals surface area contributed by atoms with Gasteiger partial charge in [-0.3, -0.25) is 14.5 Å². The van der Waals surface area contributed by atoms with Crippen molar-refractivity contribution >= 4 is 44.9 Å². The molecule has 2 aromatic carbocycles. The van der Waals surface area contributed by atoms with Crippen LogP contribution in [0.4, 0.5) is 4.79 Å². The smallest absolute Gasteiger partial charge is 0.293 e. The molecule has 26 heavy (non-hydrogen) atoms. The zero-order chi connectivity index (χ0) is 18.7. The molecule has 0 bridgehead atoms. The third-order valence-corrected chi connectivity index (χ3v) is 5.31. The maximum absolute atomic E-state index is 12.6. The van der Waals surface area contributed by atoms with Crippen molar-refractivity contribution in [1.82, 2.24) is 4.90 Å². The van der Waals surface area contributed by atoms with Gasteiger partial charge in [0.05, 0.1) is 30.1 Å². The van der Waals surface area contributed by atoms with Gasteiger partial charge in [0.25, 0.3) is 11.1 Å². The maximum Gasteiger partial charge on any atom is 0.293 e. The zero-order valence-electron chi connectivity index (χ0n) is 14.2. The zero-order valence-corrected chi connectivity index (χ0v) is 16.6. The Labute approximate surface area is 164 Å². The van der Waals surface area contributed by atoms with Crippen molar-refractivity contribution in [2.24, 2.45) is 0 Å². The molecule has 0 saturated carbocycles. The highest BCUT2D eigenvalue weighted by Gasteiger charge is 2.35. The fraction of sp³-hybridized carbons (Fsp3) is 0.158. The molecule has 1 saturated heterocycles. The number of halogens is 1. The molecule has 0 N–H and O–H groups in total. The van der Waals surface area contributed by atoms with Gasteiger partial charge in [-0.2, -0.15) is 0 Å². The summed E-state index contributed by atoms with van der Waals surface area (Å²) in [6.07, 6.45) is 1.68. The van der Waals surface area contributed by atoms with Crippen LogP contribution in [0.25, 0.3) is 6.08 Å². The van der Waals surface area contributed by atoms with E-state index in [1.165, 1.54) is 4.90 Å². The van der Waals surface area contributed by atoms with E-state index in [1.807, 2.05) is 36.4 Å². The summed E-state index contributed by atoms with van der Waals surface area (Å²) in [7, 11) is 3.10. The molecule has 0 aromatic heterocycles. The van der Waals surface area contributed by atoms with E-state index in [0.29, 0.717) is 20.9 Å². The molecule has 0 unspecified atom stereocenters. The summed E-state index contributed by atoms with van der Waals surface area (Å²) in [6.45, 7) is 0.262. The first-order chi connectivity index (χ1) is 12.5. The average Bonchev–Trinajstić information content (AvgIpc) is 2.89. The second-order valence-corrected chi connectivity index (χ2v) is 7.34. The molecule has 0 atom stereocenters. The lowest BCUT2D eigenvalue weighted by molar-refractivity contribution is -0.123. The number of carbonyl (C=O) groups is 2. The highest BCUT2D eigenvalue weighted by molar-refractivity contribution is 9.10. The predicted molar refractivity (Wildman–Crippen MR) is 105 cm³/mol. The van der Waals surface area contributed by atoms with Crippen LogP contribution >= 0.6 is 27.7 Å². The van der Waals surface area contributed by atoms with Gasteiger partial charge in [0.15, 0.2) is 11.5 Å². The largest absolute Gasteiger partial charge is 0.493 e. The summed E-state index contributed by atoms with van der Waals surface area (Å²) in [5.41, 5.74) is 1.64. The molecule has 7 heteroatoms. The lowest BCUT2D eigenvalue weighted by Gasteiger charge is -2.12. The van der Waals surface area contributed by atoms with Crippen molar-refractivity contribution in [3.63, 3.8) is 0 Å². The van der Waals surface area contributed by atoms with Crippen LogP contribution in [0, 0.1) is 0 Å². The number of nitrogens with zero attached hydrogens (tertiary/aromatic N) is 1. The Bertz CT molecular complexity index is 883. The summed E-state index contributed by atoms with van der Waals surface area (Å²) < 4.78 is 11.3. The Morgan fingerprint density at radius 1 is 1.12 bits per heavy atom. The van der Waals surface area contributed by atoms with Gasteiger partial charge in [-0.05, 0) is 57.0 Å². The molecule has 3 rings (SSSR count). The second-order valence-electron chi connectivity index (χ2n) is 5.49. The maximum atomic E-state index is 12.6. The molecular formula is C19H16BrNO4S. The van der Waals surface area contributed by atoms with Crippen LogP contribution in [0.1, 0.15) is 11.1 Å². The molecule has 1 heterocycles. The summed E-state index contributed by atoms with van der Waals surface area (Å²) in [6, 6.07) is 13.0.